The van der Waals surface area contributed by atoms with Gasteiger partial charge in [0.2, 0.25) is 0 Å². The number of urea groups is 1. The van der Waals surface area contributed by atoms with E-state index < -0.39 is 17.8 Å². The lowest BCUT2D eigenvalue weighted by atomic mass is 10.1. The van der Waals surface area contributed by atoms with Crippen molar-refractivity contribution in [3.8, 4) is 17.2 Å². The SMILES string of the molecule is O=C1CN(CCc2ccccc2)C(=O)N1c1ccc(Oc2ccnc3cc(O)c(CO)cc23)c(F)c1. The maximum absolute atomic E-state index is 15.0. The number of imide groups is 1. The lowest BCUT2D eigenvalue weighted by Gasteiger charge is -2.18. The molecule has 0 unspecified atom stereocenters. The van der Waals surface area contributed by atoms with E-state index in [1.54, 1.807) is 0 Å². The van der Waals surface area contributed by atoms with Crippen molar-refractivity contribution in [1.82, 2.24) is 9.88 Å². The quantitative estimate of drug-likeness (QED) is 0.375. The molecule has 0 spiro atoms. The number of phenols is 1. The van der Waals surface area contributed by atoms with Gasteiger partial charge in [0.1, 0.15) is 18.0 Å². The summed E-state index contributed by atoms with van der Waals surface area (Å²) in [4.78, 5) is 32.1. The van der Waals surface area contributed by atoms with Crippen molar-refractivity contribution in [3.63, 3.8) is 0 Å². The Morgan fingerprint density at radius 2 is 1.81 bits per heavy atom. The van der Waals surface area contributed by atoms with Crippen LogP contribution in [0, 0.1) is 5.82 Å². The number of ether oxygens (including phenoxy) is 1. The number of rotatable bonds is 7. The molecule has 0 aliphatic carbocycles. The van der Waals surface area contributed by atoms with Gasteiger partial charge in [0, 0.05) is 35.8 Å². The molecule has 3 aromatic carbocycles. The van der Waals surface area contributed by atoms with Crippen LogP contribution in [0.1, 0.15) is 11.1 Å². The van der Waals surface area contributed by atoms with E-state index in [1.165, 1.54) is 41.4 Å². The minimum absolute atomic E-state index is 0.0748. The highest BCUT2D eigenvalue weighted by Gasteiger charge is 2.37. The average molecular weight is 487 g/mol. The van der Waals surface area contributed by atoms with Crippen molar-refractivity contribution in [2.45, 2.75) is 13.0 Å². The van der Waals surface area contributed by atoms with Gasteiger partial charge in [0.15, 0.2) is 11.6 Å². The van der Waals surface area contributed by atoms with E-state index in [2.05, 4.69) is 4.98 Å². The maximum Gasteiger partial charge on any atom is 0.331 e. The van der Waals surface area contributed by atoms with Gasteiger partial charge in [-0.2, -0.15) is 0 Å². The first-order chi connectivity index (χ1) is 17.4. The Kier molecular flexibility index (Phi) is 6.22. The highest BCUT2D eigenvalue weighted by atomic mass is 19.1. The lowest BCUT2D eigenvalue weighted by molar-refractivity contribution is -0.116. The molecule has 8 nitrogen and oxygen atoms in total. The first-order valence-corrected chi connectivity index (χ1v) is 11.3. The summed E-state index contributed by atoms with van der Waals surface area (Å²) in [5.74, 6) is -1.16. The van der Waals surface area contributed by atoms with E-state index in [-0.39, 0.29) is 41.7 Å². The van der Waals surface area contributed by atoms with Gasteiger partial charge in [-0.3, -0.25) is 9.78 Å². The van der Waals surface area contributed by atoms with Gasteiger partial charge in [-0.15, -0.1) is 0 Å². The summed E-state index contributed by atoms with van der Waals surface area (Å²) in [6.07, 6.45) is 2.05. The van der Waals surface area contributed by atoms with Gasteiger partial charge in [-0.1, -0.05) is 30.3 Å². The molecular weight excluding hydrogens is 465 g/mol. The Morgan fingerprint density at radius 1 is 1.00 bits per heavy atom. The Hall–Kier alpha value is -4.50. The Balaban J connectivity index is 1.35. The topological polar surface area (TPSA) is 103 Å². The summed E-state index contributed by atoms with van der Waals surface area (Å²) in [7, 11) is 0. The molecule has 0 radical (unpaired) electrons. The van der Waals surface area contributed by atoms with E-state index in [0.29, 0.717) is 23.9 Å². The van der Waals surface area contributed by atoms with Gasteiger partial charge in [-0.05, 0) is 36.2 Å². The number of halogens is 1. The monoisotopic (exact) mass is 487 g/mol. The van der Waals surface area contributed by atoms with Crippen LogP contribution in [0.5, 0.6) is 17.2 Å². The standard InChI is InChI=1S/C27H22FN3O5/c28-21-13-19(31-26(34)15-30(27(31)35)11-9-17-4-2-1-3-5-17)6-7-25(21)36-24-8-10-29-22-14-23(33)18(16-32)12-20(22)24/h1-8,10,12-14,32-33H,9,11,15-16H2. The van der Waals surface area contributed by atoms with Crippen molar-refractivity contribution >= 4 is 28.5 Å². The van der Waals surface area contributed by atoms with Gasteiger partial charge >= 0.3 is 6.03 Å². The predicted molar refractivity (Wildman–Crippen MR) is 130 cm³/mol. The molecule has 4 aromatic rings. The zero-order valence-electron chi connectivity index (χ0n) is 19.1. The fourth-order valence-electron chi connectivity index (χ4n) is 4.13. The molecule has 1 aromatic heterocycles. The van der Waals surface area contributed by atoms with Gasteiger partial charge in [0.25, 0.3) is 5.91 Å². The molecule has 9 heteroatoms. The molecule has 2 heterocycles. The second kappa shape index (κ2) is 9.63. The zero-order valence-corrected chi connectivity index (χ0v) is 19.1. The number of aliphatic hydroxyl groups is 1. The summed E-state index contributed by atoms with van der Waals surface area (Å²) in [6, 6.07) is 17.5. The average Bonchev–Trinajstić information content (AvgIpc) is 3.17. The van der Waals surface area contributed by atoms with Gasteiger partial charge in [-0.25, -0.2) is 14.1 Å². The van der Waals surface area contributed by atoms with Crippen molar-refractivity contribution in [3.05, 3.63) is 89.9 Å². The first-order valence-electron chi connectivity index (χ1n) is 11.3. The van der Waals surface area contributed by atoms with Crippen LogP contribution in [0.2, 0.25) is 0 Å². The first kappa shape index (κ1) is 23.3. The molecule has 36 heavy (non-hydrogen) atoms. The minimum Gasteiger partial charge on any atom is -0.508 e. The zero-order chi connectivity index (χ0) is 25.2. The fraction of sp³-hybridized carbons (Fsp3) is 0.148. The molecule has 2 N–H and O–H groups in total. The van der Waals surface area contributed by atoms with Crippen LogP contribution in [-0.4, -0.2) is 45.1 Å². The highest BCUT2D eigenvalue weighted by molar-refractivity contribution is 6.19. The second-order valence-corrected chi connectivity index (χ2v) is 8.35. The summed E-state index contributed by atoms with van der Waals surface area (Å²) in [6.45, 7) is -0.0940. The number of hydrogen-bond donors (Lipinski definition) is 2. The Labute approximate surface area is 205 Å². The maximum atomic E-state index is 15.0. The molecule has 1 saturated heterocycles. The smallest absolute Gasteiger partial charge is 0.331 e. The number of aromatic nitrogens is 1. The third kappa shape index (κ3) is 4.44. The minimum atomic E-state index is -0.762. The summed E-state index contributed by atoms with van der Waals surface area (Å²) < 4.78 is 20.8. The number of benzene rings is 3. The summed E-state index contributed by atoms with van der Waals surface area (Å²) in [5.41, 5.74) is 1.85. The third-order valence-electron chi connectivity index (χ3n) is 6.02. The van der Waals surface area contributed by atoms with Crippen molar-refractivity contribution in [2.75, 3.05) is 18.0 Å². The van der Waals surface area contributed by atoms with E-state index in [0.717, 1.165) is 16.5 Å². The van der Waals surface area contributed by atoms with Gasteiger partial charge in [0.05, 0.1) is 17.8 Å². The Morgan fingerprint density at radius 3 is 2.56 bits per heavy atom. The number of nitrogens with zero attached hydrogens (tertiary/aromatic N) is 3. The number of aliphatic hydroxyl groups excluding tert-OH is 1. The number of carbonyl (C=O) groups excluding carboxylic acids is 2. The summed E-state index contributed by atoms with van der Waals surface area (Å²) in [5, 5.41) is 19.9. The molecule has 1 aliphatic heterocycles. The number of anilines is 1. The molecule has 1 aliphatic rings. The van der Waals surface area contributed by atoms with E-state index in [9.17, 15) is 19.8 Å². The molecule has 0 bridgehead atoms. The number of hydrogen-bond acceptors (Lipinski definition) is 6. The van der Waals surface area contributed by atoms with E-state index in [1.807, 2.05) is 30.3 Å². The van der Waals surface area contributed by atoms with Gasteiger partial charge < -0.3 is 19.8 Å². The van der Waals surface area contributed by atoms with Crippen LogP contribution in [0.15, 0.2) is 72.9 Å². The Bertz CT molecular complexity index is 1460. The summed E-state index contributed by atoms with van der Waals surface area (Å²) >= 11 is 0. The van der Waals surface area contributed by atoms with Crippen LogP contribution in [0.3, 0.4) is 0 Å². The van der Waals surface area contributed by atoms with Crippen LogP contribution < -0.4 is 9.64 Å². The van der Waals surface area contributed by atoms with Crippen molar-refractivity contribution in [2.24, 2.45) is 0 Å². The van der Waals surface area contributed by atoms with Crippen molar-refractivity contribution < 1.29 is 28.9 Å². The lowest BCUT2D eigenvalue weighted by Crippen LogP contribution is -2.34. The molecule has 0 atom stereocenters. The van der Waals surface area contributed by atoms with E-state index >= 15 is 4.39 Å². The fourth-order valence-corrected chi connectivity index (χ4v) is 4.13. The van der Waals surface area contributed by atoms with Crippen molar-refractivity contribution in [1.29, 1.82) is 0 Å². The highest BCUT2D eigenvalue weighted by Crippen LogP contribution is 2.35. The van der Waals surface area contributed by atoms with Crippen LogP contribution >= 0.6 is 0 Å². The van der Waals surface area contributed by atoms with Crippen LogP contribution in [0.25, 0.3) is 10.9 Å². The number of amides is 3. The second-order valence-electron chi connectivity index (χ2n) is 8.35. The molecule has 0 saturated carbocycles. The molecule has 5 rings (SSSR count). The number of carbonyl (C=O) groups is 2. The largest absolute Gasteiger partial charge is 0.508 e. The molecule has 1 fully saturated rings. The molecular formula is C27H22FN3O5. The number of fused-ring (bicyclic) bond motifs is 1. The number of aromatic hydroxyl groups is 1. The van der Waals surface area contributed by atoms with Crippen LogP contribution in [-0.2, 0) is 17.8 Å². The molecule has 182 valence electrons. The predicted octanol–water partition coefficient (Wildman–Crippen LogP) is 4.38. The third-order valence-corrected chi connectivity index (χ3v) is 6.02. The van der Waals surface area contributed by atoms with E-state index in [4.69, 9.17) is 4.74 Å². The molecule has 3 amide bonds. The number of pyridine rings is 1. The van der Waals surface area contributed by atoms with Crippen LogP contribution in [0.4, 0.5) is 14.9 Å². The normalized spacial score (nSPS) is 13.6.